The molecule has 5 heteroatoms. The van der Waals surface area contributed by atoms with E-state index in [2.05, 4.69) is 28.6 Å². The van der Waals surface area contributed by atoms with Gasteiger partial charge in [-0.05, 0) is 49.1 Å². The summed E-state index contributed by atoms with van der Waals surface area (Å²) >= 11 is 1.82. The second-order valence-corrected chi connectivity index (χ2v) is 8.38. The SMILES string of the molecule is Cc1ccsc1CN1C[C@H](C(=O)NCC2CC2)[C@@H]2CCO[C@@H]2C1. The van der Waals surface area contributed by atoms with Crippen molar-refractivity contribution in [2.75, 3.05) is 26.2 Å². The Hall–Kier alpha value is -0.910. The van der Waals surface area contributed by atoms with Crippen LogP contribution >= 0.6 is 11.3 Å². The van der Waals surface area contributed by atoms with E-state index in [0.29, 0.717) is 5.92 Å². The third-order valence-corrected chi connectivity index (χ3v) is 6.61. The summed E-state index contributed by atoms with van der Waals surface area (Å²) in [4.78, 5) is 16.5. The molecule has 0 aromatic carbocycles. The van der Waals surface area contributed by atoms with Gasteiger partial charge in [0, 0.05) is 43.6 Å². The molecule has 0 unspecified atom stereocenters. The highest BCUT2D eigenvalue weighted by molar-refractivity contribution is 7.10. The van der Waals surface area contributed by atoms with Crippen LogP contribution in [0.2, 0.25) is 0 Å². The predicted octanol–water partition coefficient (Wildman–Crippen LogP) is 2.42. The highest BCUT2D eigenvalue weighted by Crippen LogP contribution is 2.35. The number of ether oxygens (including phenoxy) is 1. The molecule has 3 fully saturated rings. The van der Waals surface area contributed by atoms with Crippen LogP contribution in [0.15, 0.2) is 11.4 Å². The molecule has 1 N–H and O–H groups in total. The fraction of sp³-hybridized carbons (Fsp3) is 0.722. The van der Waals surface area contributed by atoms with E-state index in [1.807, 2.05) is 11.3 Å². The van der Waals surface area contributed by atoms with E-state index in [0.717, 1.165) is 45.1 Å². The van der Waals surface area contributed by atoms with Crippen molar-refractivity contribution in [3.8, 4) is 0 Å². The Morgan fingerprint density at radius 1 is 1.39 bits per heavy atom. The van der Waals surface area contributed by atoms with Gasteiger partial charge in [0.05, 0.1) is 12.0 Å². The average Bonchev–Trinajstić information content (AvgIpc) is 3.11. The minimum absolute atomic E-state index is 0.0928. The fourth-order valence-corrected chi connectivity index (χ4v) is 4.88. The maximum absolute atomic E-state index is 12.7. The number of piperidine rings is 1. The zero-order chi connectivity index (χ0) is 15.8. The summed E-state index contributed by atoms with van der Waals surface area (Å²) in [5, 5.41) is 5.36. The van der Waals surface area contributed by atoms with Crippen LogP contribution in [0.4, 0.5) is 0 Å². The lowest BCUT2D eigenvalue weighted by Gasteiger charge is -2.39. The van der Waals surface area contributed by atoms with Crippen LogP contribution in [-0.2, 0) is 16.1 Å². The van der Waals surface area contributed by atoms with Crippen molar-refractivity contribution in [2.45, 2.75) is 38.8 Å². The molecule has 3 aliphatic rings. The quantitative estimate of drug-likeness (QED) is 0.899. The monoisotopic (exact) mass is 334 g/mol. The Bertz CT molecular complexity index is 569. The van der Waals surface area contributed by atoms with Gasteiger partial charge in [0.2, 0.25) is 5.91 Å². The minimum Gasteiger partial charge on any atom is -0.377 e. The van der Waals surface area contributed by atoms with Crippen molar-refractivity contribution < 1.29 is 9.53 Å². The van der Waals surface area contributed by atoms with Crippen molar-refractivity contribution in [2.24, 2.45) is 17.8 Å². The van der Waals surface area contributed by atoms with E-state index in [4.69, 9.17) is 4.74 Å². The molecular formula is C18H26N2O2S. The van der Waals surface area contributed by atoms with Gasteiger partial charge < -0.3 is 10.1 Å². The molecule has 1 saturated carbocycles. The number of rotatable bonds is 5. The molecule has 23 heavy (non-hydrogen) atoms. The molecule has 1 amide bonds. The Balaban J connectivity index is 1.43. The topological polar surface area (TPSA) is 41.6 Å². The highest BCUT2D eigenvalue weighted by atomic mass is 32.1. The predicted molar refractivity (Wildman–Crippen MR) is 91.4 cm³/mol. The number of aryl methyl sites for hydroxylation is 1. The van der Waals surface area contributed by atoms with Crippen LogP contribution in [0, 0.1) is 24.7 Å². The van der Waals surface area contributed by atoms with Crippen molar-refractivity contribution in [3.05, 3.63) is 21.9 Å². The lowest BCUT2D eigenvalue weighted by molar-refractivity contribution is -0.131. The summed E-state index contributed by atoms with van der Waals surface area (Å²) in [6, 6.07) is 2.18. The lowest BCUT2D eigenvalue weighted by atomic mass is 9.82. The van der Waals surface area contributed by atoms with E-state index in [1.54, 1.807) is 0 Å². The number of fused-ring (bicyclic) bond motifs is 1. The normalized spacial score (nSPS) is 31.1. The molecule has 126 valence electrons. The molecule has 2 saturated heterocycles. The second-order valence-electron chi connectivity index (χ2n) is 7.38. The van der Waals surface area contributed by atoms with Crippen molar-refractivity contribution in [1.82, 2.24) is 10.2 Å². The molecule has 4 nitrogen and oxygen atoms in total. The van der Waals surface area contributed by atoms with Gasteiger partial charge in [0.15, 0.2) is 0 Å². The molecular weight excluding hydrogens is 308 g/mol. The first kappa shape index (κ1) is 15.6. The number of likely N-dealkylation sites (tertiary alicyclic amines) is 1. The molecule has 0 spiro atoms. The van der Waals surface area contributed by atoms with Crippen LogP contribution in [0.3, 0.4) is 0 Å². The van der Waals surface area contributed by atoms with Gasteiger partial charge >= 0.3 is 0 Å². The summed E-state index contributed by atoms with van der Waals surface area (Å²) < 4.78 is 5.94. The van der Waals surface area contributed by atoms with Gasteiger partial charge in [0.1, 0.15) is 0 Å². The number of amides is 1. The maximum atomic E-state index is 12.7. The van der Waals surface area contributed by atoms with Gasteiger partial charge in [-0.2, -0.15) is 0 Å². The molecule has 0 radical (unpaired) electrons. The summed E-state index contributed by atoms with van der Waals surface area (Å²) in [7, 11) is 0. The summed E-state index contributed by atoms with van der Waals surface area (Å²) in [5.74, 6) is 1.50. The number of thiophene rings is 1. The molecule has 1 aromatic rings. The first-order chi connectivity index (χ1) is 11.2. The zero-order valence-corrected chi connectivity index (χ0v) is 14.6. The number of carbonyl (C=O) groups excluding carboxylic acids is 1. The van der Waals surface area contributed by atoms with E-state index in [9.17, 15) is 4.79 Å². The van der Waals surface area contributed by atoms with E-state index >= 15 is 0 Å². The number of carbonyl (C=O) groups is 1. The van der Waals surface area contributed by atoms with Crippen LogP contribution < -0.4 is 5.32 Å². The smallest absolute Gasteiger partial charge is 0.224 e. The molecule has 0 bridgehead atoms. The van der Waals surface area contributed by atoms with Crippen molar-refractivity contribution in [1.29, 1.82) is 0 Å². The van der Waals surface area contributed by atoms with Gasteiger partial charge in [-0.25, -0.2) is 0 Å². The van der Waals surface area contributed by atoms with Crippen molar-refractivity contribution >= 4 is 17.2 Å². The van der Waals surface area contributed by atoms with Crippen LogP contribution in [-0.4, -0.2) is 43.2 Å². The molecule has 2 aliphatic heterocycles. The molecule has 3 heterocycles. The average molecular weight is 334 g/mol. The van der Waals surface area contributed by atoms with Gasteiger partial charge in [-0.3, -0.25) is 9.69 Å². The molecule has 4 rings (SSSR count). The second kappa shape index (κ2) is 6.54. The molecule has 1 aliphatic carbocycles. The minimum atomic E-state index is 0.0928. The summed E-state index contributed by atoms with van der Waals surface area (Å²) in [6.07, 6.45) is 3.84. The van der Waals surface area contributed by atoms with Crippen LogP contribution in [0.25, 0.3) is 0 Å². The van der Waals surface area contributed by atoms with Crippen LogP contribution in [0.5, 0.6) is 0 Å². The maximum Gasteiger partial charge on any atom is 0.224 e. The molecule has 1 aromatic heterocycles. The fourth-order valence-electron chi connectivity index (χ4n) is 3.93. The Morgan fingerprint density at radius 3 is 3.00 bits per heavy atom. The van der Waals surface area contributed by atoms with Gasteiger partial charge in [-0.15, -0.1) is 11.3 Å². The Morgan fingerprint density at radius 2 is 2.26 bits per heavy atom. The third-order valence-electron chi connectivity index (χ3n) is 5.60. The van der Waals surface area contributed by atoms with E-state index in [-0.39, 0.29) is 17.9 Å². The Labute approximate surface area is 142 Å². The largest absolute Gasteiger partial charge is 0.377 e. The third kappa shape index (κ3) is 3.47. The van der Waals surface area contributed by atoms with E-state index < -0.39 is 0 Å². The summed E-state index contributed by atoms with van der Waals surface area (Å²) in [6.45, 7) is 6.64. The first-order valence-electron chi connectivity index (χ1n) is 8.85. The zero-order valence-electron chi connectivity index (χ0n) is 13.8. The van der Waals surface area contributed by atoms with Crippen molar-refractivity contribution in [3.63, 3.8) is 0 Å². The standard InChI is InChI=1S/C18H26N2O2S/c1-12-5-7-23-17(12)11-20-9-15(14-4-6-22-16(14)10-20)18(21)19-8-13-2-3-13/h5,7,13-16H,2-4,6,8-11H2,1H3,(H,19,21)/t14-,15-,16+/m0/s1. The van der Waals surface area contributed by atoms with Crippen LogP contribution in [0.1, 0.15) is 29.7 Å². The number of hydrogen-bond donors (Lipinski definition) is 1. The number of hydrogen-bond acceptors (Lipinski definition) is 4. The Kier molecular flexibility index (Phi) is 4.43. The summed E-state index contributed by atoms with van der Waals surface area (Å²) in [5.41, 5.74) is 1.36. The van der Waals surface area contributed by atoms with E-state index in [1.165, 1.54) is 23.3 Å². The lowest BCUT2D eigenvalue weighted by Crippen LogP contribution is -2.52. The number of nitrogens with one attached hydrogen (secondary N) is 1. The highest BCUT2D eigenvalue weighted by Gasteiger charge is 2.44. The van der Waals surface area contributed by atoms with Gasteiger partial charge in [0.25, 0.3) is 0 Å². The number of nitrogens with zero attached hydrogens (tertiary/aromatic N) is 1. The molecule has 3 atom stereocenters. The van der Waals surface area contributed by atoms with Gasteiger partial charge in [-0.1, -0.05) is 0 Å². The first-order valence-corrected chi connectivity index (χ1v) is 9.73.